The molecule has 2 aromatic carbocycles. The van der Waals surface area contributed by atoms with E-state index >= 15 is 0 Å². The first-order valence-corrected chi connectivity index (χ1v) is 17.1. The van der Waals surface area contributed by atoms with Crippen LogP contribution in [0, 0.1) is 0 Å². The highest BCUT2D eigenvalue weighted by Gasteiger charge is 2.34. The summed E-state index contributed by atoms with van der Waals surface area (Å²) in [5.41, 5.74) is 1.80. The Morgan fingerprint density at radius 2 is 1.15 bits per heavy atom. The largest absolute Gasteiger partial charge is 0.473 e. The van der Waals surface area contributed by atoms with Crippen molar-refractivity contribution < 1.29 is 34.2 Å². The predicted octanol–water partition coefficient (Wildman–Crippen LogP) is 5.76. The van der Waals surface area contributed by atoms with Crippen molar-refractivity contribution in [1.82, 2.24) is 14.7 Å². The summed E-state index contributed by atoms with van der Waals surface area (Å²) in [6.45, 7) is 7.35. The number of nitrogens with zero attached hydrogens (tertiary/aromatic N) is 3. The van der Waals surface area contributed by atoms with Crippen molar-refractivity contribution in [1.29, 1.82) is 0 Å². The molecular formula is C36H51N5O7. The van der Waals surface area contributed by atoms with E-state index in [0.717, 1.165) is 45.3 Å². The lowest BCUT2D eigenvalue weighted by atomic mass is 9.88. The number of rotatable bonds is 12. The molecule has 0 spiro atoms. The summed E-state index contributed by atoms with van der Waals surface area (Å²) in [6.07, 6.45) is 11.5. The average molecular weight is 666 g/mol. The van der Waals surface area contributed by atoms with Crippen molar-refractivity contribution in [3.05, 3.63) is 60.2 Å². The summed E-state index contributed by atoms with van der Waals surface area (Å²) in [5.74, 6) is -3.70. The summed E-state index contributed by atoms with van der Waals surface area (Å²) in [4.78, 5) is 64.8. The molecule has 0 radical (unpaired) electrons. The molecule has 2 aliphatic rings. The highest BCUT2D eigenvalue weighted by Crippen LogP contribution is 2.30. The number of carbonyl (C=O) groups is 5. The van der Waals surface area contributed by atoms with Gasteiger partial charge >= 0.3 is 18.0 Å². The summed E-state index contributed by atoms with van der Waals surface area (Å²) in [7, 11) is 0. The Hall–Kier alpha value is -4.45. The molecule has 0 unspecified atom stereocenters. The number of nitrogens with one attached hydrogen (secondary N) is 2. The van der Waals surface area contributed by atoms with Crippen LogP contribution in [0.3, 0.4) is 0 Å². The van der Waals surface area contributed by atoms with Crippen LogP contribution in [0.5, 0.6) is 0 Å². The summed E-state index contributed by atoms with van der Waals surface area (Å²) < 4.78 is 0. The topological polar surface area (TPSA) is 160 Å². The van der Waals surface area contributed by atoms with Crippen LogP contribution in [0.15, 0.2) is 54.6 Å². The molecule has 0 aromatic heterocycles. The van der Waals surface area contributed by atoms with Crippen molar-refractivity contribution in [3.8, 4) is 0 Å². The van der Waals surface area contributed by atoms with Crippen molar-refractivity contribution in [2.75, 3.05) is 43.4 Å². The third-order valence-corrected chi connectivity index (χ3v) is 9.02. The zero-order valence-corrected chi connectivity index (χ0v) is 28.2. The zero-order valence-electron chi connectivity index (χ0n) is 28.2. The van der Waals surface area contributed by atoms with Gasteiger partial charge in [-0.1, -0.05) is 70.6 Å². The summed E-state index contributed by atoms with van der Waals surface area (Å²) in [6, 6.07) is 16.4. The number of aliphatic carboxylic acids is 2. The predicted molar refractivity (Wildman–Crippen MR) is 185 cm³/mol. The van der Waals surface area contributed by atoms with E-state index in [1.54, 1.807) is 29.2 Å². The zero-order chi connectivity index (χ0) is 34.9. The van der Waals surface area contributed by atoms with Crippen molar-refractivity contribution in [2.45, 2.75) is 90.1 Å². The van der Waals surface area contributed by atoms with Gasteiger partial charge in [-0.2, -0.15) is 0 Å². The van der Waals surface area contributed by atoms with Gasteiger partial charge in [0.2, 0.25) is 5.91 Å². The van der Waals surface area contributed by atoms with Gasteiger partial charge in [0.25, 0.3) is 5.91 Å². The molecule has 12 nitrogen and oxygen atoms in total. The monoisotopic (exact) mass is 665 g/mol. The molecule has 4 rings (SSSR count). The van der Waals surface area contributed by atoms with Gasteiger partial charge in [0, 0.05) is 42.1 Å². The summed E-state index contributed by atoms with van der Waals surface area (Å²) >= 11 is 0. The molecule has 2 aliphatic carbocycles. The second kappa shape index (κ2) is 20.0. The number of carboxylic acid groups (broad SMARTS) is 2. The Labute approximate surface area is 283 Å². The highest BCUT2D eigenvalue weighted by atomic mass is 16.4. The lowest BCUT2D eigenvalue weighted by molar-refractivity contribution is -0.159. The van der Waals surface area contributed by atoms with E-state index in [1.165, 1.54) is 38.5 Å². The molecule has 0 heterocycles. The Kier molecular flexibility index (Phi) is 15.9. The molecule has 2 fully saturated rings. The van der Waals surface area contributed by atoms with Gasteiger partial charge in [-0.05, 0) is 75.2 Å². The lowest BCUT2D eigenvalue weighted by Gasteiger charge is -2.42. The first kappa shape index (κ1) is 38.0. The number of hydrogen-bond acceptors (Lipinski definition) is 6. The maximum absolute atomic E-state index is 14.1. The Bertz CT molecular complexity index is 1290. The van der Waals surface area contributed by atoms with Crippen LogP contribution in [0.25, 0.3) is 0 Å². The molecule has 0 saturated heterocycles. The minimum Gasteiger partial charge on any atom is -0.473 e. The maximum Gasteiger partial charge on any atom is 0.414 e. The van der Waals surface area contributed by atoms with Crippen molar-refractivity contribution in [3.63, 3.8) is 0 Å². The van der Waals surface area contributed by atoms with Gasteiger partial charge in [0.15, 0.2) is 0 Å². The number of anilines is 2. The summed E-state index contributed by atoms with van der Waals surface area (Å²) in [5, 5.41) is 20.4. The van der Waals surface area contributed by atoms with Gasteiger partial charge in [-0.15, -0.1) is 0 Å². The second-order valence-corrected chi connectivity index (χ2v) is 12.3. The molecule has 262 valence electrons. The Morgan fingerprint density at radius 3 is 1.60 bits per heavy atom. The number of carbonyl (C=O) groups excluding carboxylic acids is 3. The fraction of sp³-hybridized carbons (Fsp3) is 0.528. The number of amides is 4. The van der Waals surface area contributed by atoms with Gasteiger partial charge in [0.05, 0.1) is 0 Å². The number of benzene rings is 2. The third kappa shape index (κ3) is 12.3. The normalized spacial score (nSPS) is 15.1. The van der Waals surface area contributed by atoms with Crippen LogP contribution in [0.2, 0.25) is 0 Å². The number of likely N-dealkylation sites (N-methyl/N-ethyl adjacent to an activating group) is 1. The molecule has 12 heteroatoms. The smallest absolute Gasteiger partial charge is 0.414 e. The molecule has 4 N–H and O–H groups in total. The average Bonchev–Trinajstić information content (AvgIpc) is 3.10. The number of urea groups is 1. The molecule has 0 bridgehead atoms. The van der Waals surface area contributed by atoms with E-state index < -0.39 is 11.9 Å². The van der Waals surface area contributed by atoms with Crippen LogP contribution in [0.4, 0.5) is 16.2 Å². The van der Waals surface area contributed by atoms with Crippen LogP contribution in [0.1, 0.15) is 88.4 Å². The van der Waals surface area contributed by atoms with Crippen molar-refractivity contribution >= 4 is 41.2 Å². The van der Waals surface area contributed by atoms with Gasteiger partial charge in [-0.25, -0.2) is 14.4 Å². The van der Waals surface area contributed by atoms with Crippen molar-refractivity contribution in [2.24, 2.45) is 0 Å². The van der Waals surface area contributed by atoms with E-state index in [-0.39, 0.29) is 24.4 Å². The number of para-hydroxylation sites is 1. The second-order valence-electron chi connectivity index (χ2n) is 12.3. The molecule has 2 saturated carbocycles. The third-order valence-electron chi connectivity index (χ3n) is 9.02. The van der Waals surface area contributed by atoms with E-state index in [2.05, 4.69) is 34.3 Å². The van der Waals surface area contributed by atoms with Gasteiger partial charge in [-0.3, -0.25) is 9.59 Å². The van der Waals surface area contributed by atoms with E-state index in [9.17, 15) is 14.4 Å². The molecule has 0 aliphatic heterocycles. The van der Waals surface area contributed by atoms with Gasteiger partial charge < -0.3 is 35.5 Å². The van der Waals surface area contributed by atoms with Crippen LogP contribution >= 0.6 is 0 Å². The number of carboxylic acids is 2. The first-order valence-electron chi connectivity index (χ1n) is 17.1. The molecule has 48 heavy (non-hydrogen) atoms. The van der Waals surface area contributed by atoms with E-state index in [1.807, 2.05) is 30.3 Å². The fourth-order valence-corrected chi connectivity index (χ4v) is 6.42. The highest BCUT2D eigenvalue weighted by molar-refractivity contribution is 6.27. The fourth-order valence-electron chi connectivity index (χ4n) is 6.42. The molecular weight excluding hydrogens is 614 g/mol. The Morgan fingerprint density at radius 1 is 0.667 bits per heavy atom. The van der Waals surface area contributed by atoms with E-state index in [0.29, 0.717) is 35.6 Å². The molecule has 4 amide bonds. The van der Waals surface area contributed by atoms with Crippen LogP contribution in [-0.2, 0) is 14.4 Å². The van der Waals surface area contributed by atoms with Gasteiger partial charge in [0.1, 0.15) is 6.54 Å². The Balaban J connectivity index is 0.000000952. The SMILES string of the molecule is CCN(CC)CCN(CC(=O)N(C1CCCCC1)C1CCCCC1)C(=O)c1ccc(NC(=O)Nc2ccccc2)cc1.O=C(O)C(=O)O. The van der Waals surface area contributed by atoms with Crippen LogP contribution in [-0.4, -0.2) is 99.5 Å². The van der Waals surface area contributed by atoms with Crippen LogP contribution < -0.4 is 10.6 Å². The lowest BCUT2D eigenvalue weighted by Crippen LogP contribution is -2.53. The standard InChI is InChI=1S/C34H49N5O3.C2H2O4/c1-3-37(4-2)24-25-38(26-32(40)39(30-16-10-6-11-17-30)31-18-12-7-13-19-31)33(41)27-20-22-29(23-21-27)36-34(42)35-28-14-8-5-9-15-28;3-1(4)2(5)6/h5,8-9,14-15,20-23,30-31H,3-4,6-7,10-13,16-19,24-26H2,1-2H3,(H2,35,36,42);(H,3,4)(H,5,6). The molecule has 0 atom stereocenters. The maximum atomic E-state index is 14.1. The quantitative estimate of drug-likeness (QED) is 0.208. The molecule has 2 aromatic rings. The number of hydrogen-bond donors (Lipinski definition) is 4. The minimum atomic E-state index is -1.82. The van der Waals surface area contributed by atoms with E-state index in [4.69, 9.17) is 19.8 Å². The minimum absolute atomic E-state index is 0.0950. The first-order chi connectivity index (χ1) is 23.1.